The summed E-state index contributed by atoms with van der Waals surface area (Å²) in [6, 6.07) is 0. The largest absolute Gasteiger partial charge is 0.315 e. The van der Waals surface area contributed by atoms with Gasteiger partial charge in [-0.2, -0.15) is 0 Å². The lowest BCUT2D eigenvalue weighted by Crippen LogP contribution is -2.37. The minimum atomic E-state index is -3.42. The second-order valence-electron chi connectivity index (χ2n) is 6.40. The van der Waals surface area contributed by atoms with E-state index in [9.17, 15) is 8.42 Å². The molecule has 1 aliphatic carbocycles. The molecule has 0 bridgehead atoms. The molecule has 6 heteroatoms. The van der Waals surface area contributed by atoms with Crippen molar-refractivity contribution in [1.82, 2.24) is 10.0 Å². The van der Waals surface area contributed by atoms with Crippen LogP contribution in [0.3, 0.4) is 0 Å². The zero-order chi connectivity index (χ0) is 15.5. The molecule has 2 N–H and O–H groups in total. The summed E-state index contributed by atoms with van der Waals surface area (Å²) >= 11 is 1.51. The van der Waals surface area contributed by atoms with E-state index in [0.717, 1.165) is 23.3 Å². The molecule has 1 heterocycles. The van der Waals surface area contributed by atoms with Crippen molar-refractivity contribution in [2.75, 3.05) is 13.6 Å². The molecule has 0 atom stereocenters. The molecule has 0 radical (unpaired) electrons. The molecule has 2 rings (SSSR count). The van der Waals surface area contributed by atoms with Crippen molar-refractivity contribution in [3.05, 3.63) is 15.8 Å². The van der Waals surface area contributed by atoms with E-state index in [1.807, 2.05) is 19.4 Å². The Morgan fingerprint density at radius 1 is 1.29 bits per heavy atom. The van der Waals surface area contributed by atoms with Gasteiger partial charge in [0.1, 0.15) is 4.90 Å². The minimum absolute atomic E-state index is 0.110. The second-order valence-corrected chi connectivity index (χ2v) is 9.07. The van der Waals surface area contributed by atoms with Crippen LogP contribution in [-0.4, -0.2) is 22.0 Å². The highest BCUT2D eigenvalue weighted by Gasteiger charge is 2.30. The molecule has 1 aliphatic rings. The summed E-state index contributed by atoms with van der Waals surface area (Å²) in [5.41, 5.74) is 0.949. The Kier molecular flexibility index (Phi) is 5.46. The highest BCUT2D eigenvalue weighted by molar-refractivity contribution is 7.89. The van der Waals surface area contributed by atoms with Gasteiger partial charge in [-0.25, -0.2) is 13.1 Å². The first-order valence-corrected chi connectivity index (χ1v) is 9.95. The van der Waals surface area contributed by atoms with E-state index in [-0.39, 0.29) is 5.41 Å². The number of aryl methyl sites for hydroxylation is 1. The first kappa shape index (κ1) is 16.9. The van der Waals surface area contributed by atoms with Gasteiger partial charge in [0, 0.05) is 18.0 Å². The van der Waals surface area contributed by atoms with Crippen LogP contribution in [0.25, 0.3) is 0 Å². The first-order chi connectivity index (χ1) is 9.88. The monoisotopic (exact) mass is 330 g/mol. The highest BCUT2D eigenvalue weighted by Crippen LogP contribution is 2.35. The van der Waals surface area contributed by atoms with E-state index >= 15 is 0 Å². The van der Waals surface area contributed by atoms with Crippen molar-refractivity contribution in [2.45, 2.75) is 57.4 Å². The van der Waals surface area contributed by atoms with Crippen molar-refractivity contribution in [2.24, 2.45) is 5.41 Å². The molecule has 0 unspecified atom stereocenters. The predicted octanol–water partition coefficient (Wildman–Crippen LogP) is 3.02. The molecule has 0 aromatic carbocycles. The van der Waals surface area contributed by atoms with Gasteiger partial charge in [0.2, 0.25) is 10.0 Å². The third-order valence-electron chi connectivity index (χ3n) is 4.35. The van der Waals surface area contributed by atoms with Gasteiger partial charge in [0.25, 0.3) is 0 Å². The SMILES string of the molecule is CNCc1scc(C)c1S(=O)(=O)NCC1(C)CCCCC1. The molecule has 0 aliphatic heterocycles. The third-order valence-corrected chi connectivity index (χ3v) is 7.21. The van der Waals surface area contributed by atoms with Crippen molar-refractivity contribution in [3.63, 3.8) is 0 Å². The van der Waals surface area contributed by atoms with Crippen LogP contribution >= 0.6 is 11.3 Å². The van der Waals surface area contributed by atoms with Crippen LogP contribution in [-0.2, 0) is 16.6 Å². The Hall–Kier alpha value is -0.430. The summed E-state index contributed by atoms with van der Waals surface area (Å²) in [7, 11) is -1.58. The number of hydrogen-bond acceptors (Lipinski definition) is 4. The van der Waals surface area contributed by atoms with Crippen molar-refractivity contribution >= 4 is 21.4 Å². The lowest BCUT2D eigenvalue weighted by Gasteiger charge is -2.33. The first-order valence-electron chi connectivity index (χ1n) is 7.59. The molecular weight excluding hydrogens is 304 g/mol. The molecule has 4 nitrogen and oxygen atoms in total. The Bertz CT molecular complexity index is 572. The molecule has 1 aromatic heterocycles. The van der Waals surface area contributed by atoms with E-state index in [1.165, 1.54) is 30.6 Å². The molecule has 0 saturated heterocycles. The predicted molar refractivity (Wildman–Crippen MR) is 88.2 cm³/mol. The Labute approximate surface area is 132 Å². The Morgan fingerprint density at radius 3 is 2.57 bits per heavy atom. The molecule has 0 spiro atoms. The van der Waals surface area contributed by atoms with E-state index in [0.29, 0.717) is 18.0 Å². The van der Waals surface area contributed by atoms with Gasteiger partial charge < -0.3 is 5.32 Å². The Morgan fingerprint density at radius 2 is 1.95 bits per heavy atom. The summed E-state index contributed by atoms with van der Waals surface area (Å²) in [4.78, 5) is 1.36. The van der Waals surface area contributed by atoms with Gasteiger partial charge in [-0.05, 0) is 43.2 Å². The average molecular weight is 331 g/mol. The van der Waals surface area contributed by atoms with Crippen molar-refractivity contribution in [1.29, 1.82) is 0 Å². The fourth-order valence-electron chi connectivity index (χ4n) is 3.05. The van der Waals surface area contributed by atoms with Gasteiger partial charge >= 0.3 is 0 Å². The molecule has 1 saturated carbocycles. The number of rotatable bonds is 6. The maximum atomic E-state index is 12.7. The van der Waals surface area contributed by atoms with Crippen LogP contribution < -0.4 is 10.0 Å². The fraction of sp³-hybridized carbons (Fsp3) is 0.733. The standard InChI is InChI=1S/C15H26N2O2S2/c1-12-10-20-13(9-16-3)14(12)21(18,19)17-11-15(2)7-5-4-6-8-15/h10,16-17H,4-9,11H2,1-3H3. The van der Waals surface area contributed by atoms with Crippen LogP contribution in [0.1, 0.15) is 49.5 Å². The van der Waals surface area contributed by atoms with Gasteiger partial charge in [0.05, 0.1) is 0 Å². The lowest BCUT2D eigenvalue weighted by molar-refractivity contribution is 0.219. The average Bonchev–Trinajstić information content (AvgIpc) is 2.80. The van der Waals surface area contributed by atoms with Gasteiger partial charge in [-0.1, -0.05) is 26.2 Å². The van der Waals surface area contributed by atoms with Crippen LogP contribution in [0.2, 0.25) is 0 Å². The number of nitrogens with one attached hydrogen (secondary N) is 2. The number of hydrogen-bond donors (Lipinski definition) is 2. The lowest BCUT2D eigenvalue weighted by atomic mass is 9.76. The number of thiophene rings is 1. The number of sulfonamides is 1. The normalized spacial score (nSPS) is 18.8. The van der Waals surface area contributed by atoms with Crippen molar-refractivity contribution in [3.8, 4) is 0 Å². The van der Waals surface area contributed by atoms with E-state index < -0.39 is 10.0 Å². The summed E-state index contributed by atoms with van der Waals surface area (Å²) in [5.74, 6) is 0. The van der Waals surface area contributed by atoms with Crippen LogP contribution in [0, 0.1) is 12.3 Å². The molecule has 1 aromatic rings. The fourth-order valence-corrected chi connectivity index (χ4v) is 6.07. The Balaban J connectivity index is 2.13. The van der Waals surface area contributed by atoms with Gasteiger partial charge in [-0.3, -0.25) is 0 Å². The summed E-state index contributed by atoms with van der Waals surface area (Å²) in [6.07, 6.45) is 5.92. The molecular formula is C15H26N2O2S2. The van der Waals surface area contributed by atoms with E-state index in [4.69, 9.17) is 0 Å². The zero-order valence-electron chi connectivity index (χ0n) is 13.2. The summed E-state index contributed by atoms with van der Waals surface area (Å²) < 4.78 is 28.2. The summed E-state index contributed by atoms with van der Waals surface area (Å²) in [6.45, 7) is 5.20. The van der Waals surface area contributed by atoms with Crippen molar-refractivity contribution < 1.29 is 8.42 Å². The van der Waals surface area contributed by atoms with Gasteiger partial charge in [-0.15, -0.1) is 11.3 Å². The minimum Gasteiger partial charge on any atom is -0.315 e. The summed E-state index contributed by atoms with van der Waals surface area (Å²) in [5, 5.41) is 4.96. The molecule has 21 heavy (non-hydrogen) atoms. The van der Waals surface area contributed by atoms with Crippen LogP contribution in [0.15, 0.2) is 10.3 Å². The van der Waals surface area contributed by atoms with Crippen LogP contribution in [0.5, 0.6) is 0 Å². The highest BCUT2D eigenvalue weighted by atomic mass is 32.2. The topological polar surface area (TPSA) is 58.2 Å². The molecule has 120 valence electrons. The van der Waals surface area contributed by atoms with Crippen LogP contribution in [0.4, 0.5) is 0 Å². The smallest absolute Gasteiger partial charge is 0.242 e. The zero-order valence-corrected chi connectivity index (χ0v) is 14.8. The second kappa shape index (κ2) is 6.77. The quantitative estimate of drug-likeness (QED) is 0.843. The third kappa shape index (κ3) is 4.06. The van der Waals surface area contributed by atoms with Gasteiger partial charge in [0.15, 0.2) is 0 Å². The molecule has 1 fully saturated rings. The maximum absolute atomic E-state index is 12.7. The van der Waals surface area contributed by atoms with E-state index in [1.54, 1.807) is 0 Å². The maximum Gasteiger partial charge on any atom is 0.242 e. The molecule has 0 amide bonds. The van der Waals surface area contributed by atoms with E-state index in [2.05, 4.69) is 17.0 Å².